The van der Waals surface area contributed by atoms with Gasteiger partial charge in [0.1, 0.15) is 0 Å². The van der Waals surface area contributed by atoms with Crippen LogP contribution in [0.4, 0.5) is 0 Å². The molecule has 0 spiro atoms. The zero-order valence-corrected chi connectivity index (χ0v) is 10.8. The molecule has 0 amide bonds. The highest BCUT2D eigenvalue weighted by molar-refractivity contribution is 6.32. The normalized spacial score (nSPS) is 11.1. The third-order valence-corrected chi connectivity index (χ3v) is 3.05. The summed E-state index contributed by atoms with van der Waals surface area (Å²) >= 11 is 6.20. The molecular formula is C13H16ClN3. The molecular weight excluding hydrogens is 234 g/mol. The molecule has 1 heterocycles. The molecule has 0 bridgehead atoms. The van der Waals surface area contributed by atoms with Gasteiger partial charge in [-0.05, 0) is 18.1 Å². The summed E-state index contributed by atoms with van der Waals surface area (Å²) in [6.07, 6.45) is 1.82. The van der Waals surface area contributed by atoms with Gasteiger partial charge < -0.3 is 5.73 Å². The van der Waals surface area contributed by atoms with Crippen molar-refractivity contribution in [3.63, 3.8) is 0 Å². The van der Waals surface area contributed by atoms with Crippen LogP contribution >= 0.6 is 11.6 Å². The second-order valence-electron chi connectivity index (χ2n) is 4.28. The molecule has 0 radical (unpaired) electrons. The average Bonchev–Trinajstić information content (AvgIpc) is 2.73. The standard InChI is InChI=1S/C13H16ClN3/c1-9(2)13-10(7-15)8-16-17(13)12-6-4-3-5-11(12)14/h3-6,8-9H,7,15H2,1-2H3. The van der Waals surface area contributed by atoms with E-state index in [-0.39, 0.29) is 0 Å². The number of hydrogen-bond donors (Lipinski definition) is 1. The van der Waals surface area contributed by atoms with Gasteiger partial charge in [0.05, 0.1) is 22.6 Å². The van der Waals surface area contributed by atoms with Crippen molar-refractivity contribution < 1.29 is 0 Å². The number of para-hydroxylation sites is 1. The Bertz CT molecular complexity index is 517. The molecule has 1 aromatic carbocycles. The van der Waals surface area contributed by atoms with Gasteiger partial charge in [-0.15, -0.1) is 0 Å². The summed E-state index contributed by atoms with van der Waals surface area (Å²) in [7, 11) is 0. The van der Waals surface area contributed by atoms with Crippen LogP contribution in [0.1, 0.15) is 31.0 Å². The van der Waals surface area contributed by atoms with E-state index in [9.17, 15) is 0 Å². The monoisotopic (exact) mass is 249 g/mol. The lowest BCUT2D eigenvalue weighted by Crippen LogP contribution is -2.08. The molecule has 2 rings (SSSR count). The van der Waals surface area contributed by atoms with E-state index in [0.29, 0.717) is 17.5 Å². The van der Waals surface area contributed by atoms with Crippen molar-refractivity contribution in [2.75, 3.05) is 0 Å². The van der Waals surface area contributed by atoms with Crippen LogP contribution in [0.15, 0.2) is 30.5 Å². The van der Waals surface area contributed by atoms with Crippen LogP contribution < -0.4 is 5.73 Å². The van der Waals surface area contributed by atoms with Crippen molar-refractivity contribution in [3.05, 3.63) is 46.7 Å². The maximum Gasteiger partial charge on any atom is 0.0835 e. The quantitative estimate of drug-likeness (QED) is 0.908. The molecule has 0 fully saturated rings. The molecule has 2 aromatic rings. The Morgan fingerprint density at radius 2 is 2.06 bits per heavy atom. The second kappa shape index (κ2) is 4.90. The lowest BCUT2D eigenvalue weighted by molar-refractivity contribution is 0.725. The van der Waals surface area contributed by atoms with E-state index < -0.39 is 0 Å². The molecule has 0 aliphatic rings. The molecule has 17 heavy (non-hydrogen) atoms. The van der Waals surface area contributed by atoms with Crippen molar-refractivity contribution in [2.45, 2.75) is 26.3 Å². The zero-order valence-electron chi connectivity index (χ0n) is 10.0. The van der Waals surface area contributed by atoms with Crippen molar-refractivity contribution in [2.24, 2.45) is 5.73 Å². The number of nitrogens with zero attached hydrogens (tertiary/aromatic N) is 2. The first-order valence-corrected chi connectivity index (χ1v) is 6.04. The molecule has 0 aliphatic heterocycles. The minimum Gasteiger partial charge on any atom is -0.326 e. The largest absolute Gasteiger partial charge is 0.326 e. The molecule has 1 aromatic heterocycles. The highest BCUT2D eigenvalue weighted by Gasteiger charge is 2.15. The summed E-state index contributed by atoms with van der Waals surface area (Å²) in [6, 6.07) is 7.69. The number of halogens is 1. The summed E-state index contributed by atoms with van der Waals surface area (Å²) in [5.41, 5.74) is 8.83. The van der Waals surface area contributed by atoms with Gasteiger partial charge in [-0.1, -0.05) is 37.6 Å². The molecule has 90 valence electrons. The minimum absolute atomic E-state index is 0.354. The van der Waals surface area contributed by atoms with Gasteiger partial charge in [-0.25, -0.2) is 4.68 Å². The van der Waals surface area contributed by atoms with E-state index in [1.54, 1.807) is 0 Å². The first-order valence-electron chi connectivity index (χ1n) is 5.67. The summed E-state index contributed by atoms with van der Waals surface area (Å²) in [6.45, 7) is 4.75. The van der Waals surface area contributed by atoms with E-state index in [2.05, 4.69) is 18.9 Å². The fraction of sp³-hybridized carbons (Fsp3) is 0.308. The Hall–Kier alpha value is -1.32. The van der Waals surface area contributed by atoms with Crippen LogP contribution in [0, 0.1) is 0 Å². The Balaban J connectivity index is 2.60. The van der Waals surface area contributed by atoms with Crippen LogP contribution in [0.5, 0.6) is 0 Å². The highest BCUT2D eigenvalue weighted by atomic mass is 35.5. The molecule has 0 aliphatic carbocycles. The predicted molar refractivity (Wildman–Crippen MR) is 70.6 cm³/mol. The third kappa shape index (κ3) is 2.21. The lowest BCUT2D eigenvalue weighted by Gasteiger charge is -2.13. The van der Waals surface area contributed by atoms with Crippen LogP contribution in [-0.2, 0) is 6.54 Å². The van der Waals surface area contributed by atoms with Gasteiger partial charge in [0.2, 0.25) is 0 Å². The van der Waals surface area contributed by atoms with Crippen LogP contribution in [0.2, 0.25) is 5.02 Å². The number of aromatic nitrogens is 2. The number of benzene rings is 1. The molecule has 4 heteroatoms. The second-order valence-corrected chi connectivity index (χ2v) is 4.68. The average molecular weight is 250 g/mol. The molecule has 0 atom stereocenters. The van der Waals surface area contributed by atoms with Gasteiger partial charge in [-0.3, -0.25) is 0 Å². The fourth-order valence-corrected chi connectivity index (χ4v) is 2.20. The SMILES string of the molecule is CC(C)c1c(CN)cnn1-c1ccccc1Cl. The number of rotatable bonds is 3. The number of hydrogen-bond acceptors (Lipinski definition) is 2. The van der Waals surface area contributed by atoms with E-state index in [4.69, 9.17) is 17.3 Å². The Kier molecular flexibility index (Phi) is 3.50. The van der Waals surface area contributed by atoms with Crippen molar-refractivity contribution in [1.29, 1.82) is 0 Å². The van der Waals surface area contributed by atoms with Gasteiger partial charge in [0, 0.05) is 12.1 Å². The van der Waals surface area contributed by atoms with Crippen LogP contribution in [0.25, 0.3) is 5.69 Å². The Morgan fingerprint density at radius 3 is 2.65 bits per heavy atom. The van der Waals surface area contributed by atoms with Crippen molar-refractivity contribution >= 4 is 11.6 Å². The summed E-state index contributed by atoms with van der Waals surface area (Å²) < 4.78 is 1.88. The maximum absolute atomic E-state index is 6.20. The smallest absolute Gasteiger partial charge is 0.0835 e. The fourth-order valence-electron chi connectivity index (χ4n) is 1.98. The van der Waals surface area contributed by atoms with E-state index in [1.807, 2.05) is 35.1 Å². The van der Waals surface area contributed by atoms with Gasteiger partial charge in [-0.2, -0.15) is 5.10 Å². The van der Waals surface area contributed by atoms with E-state index in [0.717, 1.165) is 16.9 Å². The maximum atomic E-state index is 6.20. The minimum atomic E-state index is 0.354. The van der Waals surface area contributed by atoms with Gasteiger partial charge in [0.25, 0.3) is 0 Å². The zero-order chi connectivity index (χ0) is 12.4. The predicted octanol–water partition coefficient (Wildman–Crippen LogP) is 3.11. The molecule has 0 saturated heterocycles. The summed E-state index contributed by atoms with van der Waals surface area (Å²) in [5.74, 6) is 0.354. The Labute approximate surface area is 106 Å². The highest BCUT2D eigenvalue weighted by Crippen LogP contribution is 2.26. The Morgan fingerprint density at radius 1 is 1.35 bits per heavy atom. The van der Waals surface area contributed by atoms with Gasteiger partial charge >= 0.3 is 0 Å². The van der Waals surface area contributed by atoms with Gasteiger partial charge in [0.15, 0.2) is 0 Å². The summed E-state index contributed by atoms with van der Waals surface area (Å²) in [5, 5.41) is 5.09. The summed E-state index contributed by atoms with van der Waals surface area (Å²) in [4.78, 5) is 0. The van der Waals surface area contributed by atoms with E-state index >= 15 is 0 Å². The molecule has 0 unspecified atom stereocenters. The van der Waals surface area contributed by atoms with Crippen molar-refractivity contribution in [3.8, 4) is 5.69 Å². The topological polar surface area (TPSA) is 43.8 Å². The molecule has 0 saturated carbocycles. The first-order chi connectivity index (χ1) is 8.15. The molecule has 3 nitrogen and oxygen atoms in total. The first kappa shape index (κ1) is 12.1. The van der Waals surface area contributed by atoms with Crippen molar-refractivity contribution in [1.82, 2.24) is 9.78 Å². The molecule has 2 N–H and O–H groups in total. The lowest BCUT2D eigenvalue weighted by atomic mass is 10.1. The van der Waals surface area contributed by atoms with E-state index in [1.165, 1.54) is 0 Å². The third-order valence-electron chi connectivity index (χ3n) is 2.73. The van der Waals surface area contributed by atoms with Crippen LogP contribution in [0.3, 0.4) is 0 Å². The number of nitrogens with two attached hydrogens (primary N) is 1. The van der Waals surface area contributed by atoms with Crippen LogP contribution in [-0.4, -0.2) is 9.78 Å².